The monoisotopic (exact) mass is 337 g/mol. The van der Waals surface area contributed by atoms with Crippen LogP contribution in [0.25, 0.3) is 0 Å². The zero-order chi connectivity index (χ0) is 16.9. The average Bonchev–Trinajstić information content (AvgIpc) is 2.48. The molecular formula is C18H27NO3S. The van der Waals surface area contributed by atoms with E-state index < -0.39 is 5.60 Å². The van der Waals surface area contributed by atoms with Crippen LogP contribution in [0.5, 0.6) is 5.75 Å². The van der Waals surface area contributed by atoms with Crippen molar-refractivity contribution in [1.82, 2.24) is 4.90 Å². The fourth-order valence-corrected chi connectivity index (χ4v) is 3.58. The molecule has 23 heavy (non-hydrogen) atoms. The van der Waals surface area contributed by atoms with Crippen LogP contribution in [0.3, 0.4) is 0 Å². The van der Waals surface area contributed by atoms with Crippen LogP contribution in [0.2, 0.25) is 0 Å². The Morgan fingerprint density at radius 2 is 1.83 bits per heavy atom. The molecule has 0 aromatic heterocycles. The Morgan fingerprint density at radius 1 is 1.22 bits per heavy atom. The molecule has 0 spiro atoms. The van der Waals surface area contributed by atoms with E-state index in [0.29, 0.717) is 11.9 Å². The van der Waals surface area contributed by atoms with Crippen molar-refractivity contribution in [1.29, 1.82) is 0 Å². The van der Waals surface area contributed by atoms with Crippen molar-refractivity contribution in [2.45, 2.75) is 56.3 Å². The standard InChI is InChI=1S/C18H27NO3S/c1-5-21-14-6-8-15(9-7-14)23-16-10-12-19(13-11-16)17(20)22-18(2,3)4/h6-9,16H,5,10-13H2,1-4H3. The van der Waals surface area contributed by atoms with Crippen LogP contribution in [0, 0.1) is 0 Å². The Bertz CT molecular complexity index is 502. The van der Waals surface area contributed by atoms with Crippen molar-refractivity contribution in [2.75, 3.05) is 19.7 Å². The minimum absolute atomic E-state index is 0.193. The highest BCUT2D eigenvalue weighted by Crippen LogP contribution is 2.31. The Labute approximate surface area is 143 Å². The summed E-state index contributed by atoms with van der Waals surface area (Å²) in [5.41, 5.74) is -0.426. The Kier molecular flexibility index (Phi) is 6.22. The fourth-order valence-electron chi connectivity index (χ4n) is 2.46. The molecule has 0 radical (unpaired) electrons. The van der Waals surface area contributed by atoms with Crippen molar-refractivity contribution < 1.29 is 14.3 Å². The van der Waals surface area contributed by atoms with Crippen LogP contribution in [0.15, 0.2) is 29.2 Å². The molecule has 0 unspecified atom stereocenters. The number of carbonyl (C=O) groups is 1. The van der Waals surface area contributed by atoms with Crippen molar-refractivity contribution in [3.8, 4) is 5.75 Å². The molecule has 4 nitrogen and oxygen atoms in total. The minimum atomic E-state index is -0.426. The van der Waals surface area contributed by atoms with Crippen molar-refractivity contribution in [3.05, 3.63) is 24.3 Å². The summed E-state index contributed by atoms with van der Waals surface area (Å²) in [6.07, 6.45) is 1.80. The number of likely N-dealkylation sites (tertiary alicyclic amines) is 1. The van der Waals surface area contributed by atoms with Crippen LogP contribution in [-0.4, -0.2) is 41.5 Å². The number of hydrogen-bond acceptors (Lipinski definition) is 4. The van der Waals surface area contributed by atoms with Gasteiger partial charge in [-0.2, -0.15) is 0 Å². The highest BCUT2D eigenvalue weighted by molar-refractivity contribution is 8.00. The normalized spacial score (nSPS) is 16.3. The number of nitrogens with zero attached hydrogens (tertiary/aromatic N) is 1. The van der Waals surface area contributed by atoms with Crippen LogP contribution in [0.4, 0.5) is 4.79 Å². The van der Waals surface area contributed by atoms with E-state index in [0.717, 1.165) is 31.7 Å². The highest BCUT2D eigenvalue weighted by Gasteiger charge is 2.27. The molecule has 0 atom stereocenters. The predicted molar refractivity (Wildman–Crippen MR) is 94.3 cm³/mol. The van der Waals surface area contributed by atoms with Crippen molar-refractivity contribution in [2.24, 2.45) is 0 Å². The van der Waals surface area contributed by atoms with Crippen LogP contribution < -0.4 is 4.74 Å². The van der Waals surface area contributed by atoms with Gasteiger partial charge in [-0.15, -0.1) is 11.8 Å². The second-order valence-corrected chi connectivity index (χ2v) is 8.06. The molecule has 1 aliphatic rings. The highest BCUT2D eigenvalue weighted by atomic mass is 32.2. The summed E-state index contributed by atoms with van der Waals surface area (Å²) in [5.74, 6) is 0.914. The molecule has 1 heterocycles. The minimum Gasteiger partial charge on any atom is -0.494 e. The van der Waals surface area contributed by atoms with Gasteiger partial charge in [-0.05, 0) is 64.8 Å². The van der Waals surface area contributed by atoms with Gasteiger partial charge in [0.25, 0.3) is 0 Å². The molecule has 1 fully saturated rings. The largest absolute Gasteiger partial charge is 0.494 e. The molecular weight excluding hydrogens is 310 g/mol. The van der Waals surface area contributed by atoms with Gasteiger partial charge in [0.15, 0.2) is 0 Å². The van der Waals surface area contributed by atoms with E-state index in [1.54, 1.807) is 0 Å². The first-order chi connectivity index (χ1) is 10.9. The third-order valence-electron chi connectivity index (χ3n) is 3.53. The molecule has 1 aromatic carbocycles. The average molecular weight is 337 g/mol. The lowest BCUT2D eigenvalue weighted by molar-refractivity contribution is 0.0219. The molecule has 1 amide bonds. The van der Waals surface area contributed by atoms with Crippen LogP contribution >= 0.6 is 11.8 Å². The maximum Gasteiger partial charge on any atom is 0.410 e. The lowest BCUT2D eigenvalue weighted by Gasteiger charge is -2.33. The van der Waals surface area contributed by atoms with E-state index in [-0.39, 0.29) is 6.09 Å². The molecule has 5 heteroatoms. The molecule has 0 N–H and O–H groups in total. The van der Waals surface area contributed by atoms with E-state index in [1.165, 1.54) is 4.90 Å². The SMILES string of the molecule is CCOc1ccc(SC2CCN(C(=O)OC(C)(C)C)CC2)cc1. The first-order valence-corrected chi connectivity index (χ1v) is 9.13. The molecule has 128 valence electrons. The summed E-state index contributed by atoms with van der Waals surface area (Å²) in [5, 5.41) is 0.548. The van der Waals surface area contributed by atoms with Gasteiger partial charge in [-0.3, -0.25) is 0 Å². The number of piperidine rings is 1. The Balaban J connectivity index is 1.79. The van der Waals surface area contributed by atoms with Gasteiger partial charge >= 0.3 is 6.09 Å². The predicted octanol–water partition coefficient (Wildman–Crippen LogP) is 4.58. The van der Waals surface area contributed by atoms with Gasteiger partial charge in [0, 0.05) is 23.2 Å². The van der Waals surface area contributed by atoms with E-state index in [2.05, 4.69) is 12.1 Å². The molecule has 1 aromatic rings. The molecule has 2 rings (SSSR count). The fraction of sp³-hybridized carbons (Fsp3) is 0.611. The summed E-state index contributed by atoms with van der Waals surface area (Å²) in [7, 11) is 0. The number of benzene rings is 1. The third kappa shape index (κ3) is 5.98. The van der Waals surface area contributed by atoms with Gasteiger partial charge in [0.05, 0.1) is 6.61 Å². The maximum atomic E-state index is 12.1. The molecule has 0 bridgehead atoms. The van der Waals surface area contributed by atoms with E-state index in [4.69, 9.17) is 9.47 Å². The maximum absolute atomic E-state index is 12.1. The second kappa shape index (κ2) is 7.95. The first-order valence-electron chi connectivity index (χ1n) is 8.25. The van der Waals surface area contributed by atoms with Crippen molar-refractivity contribution in [3.63, 3.8) is 0 Å². The van der Waals surface area contributed by atoms with Gasteiger partial charge in [0.1, 0.15) is 11.4 Å². The number of rotatable bonds is 4. The summed E-state index contributed by atoms with van der Waals surface area (Å²) in [6, 6.07) is 8.25. The lowest BCUT2D eigenvalue weighted by Crippen LogP contribution is -2.42. The summed E-state index contributed by atoms with van der Waals surface area (Å²) in [4.78, 5) is 15.1. The Hall–Kier alpha value is -1.36. The summed E-state index contributed by atoms with van der Waals surface area (Å²) in [6.45, 7) is 9.92. The van der Waals surface area contributed by atoms with E-state index in [1.807, 2.05) is 56.5 Å². The van der Waals surface area contributed by atoms with Crippen molar-refractivity contribution >= 4 is 17.9 Å². The number of thioether (sulfide) groups is 1. The number of ether oxygens (including phenoxy) is 2. The smallest absolute Gasteiger partial charge is 0.410 e. The lowest BCUT2D eigenvalue weighted by atomic mass is 10.1. The van der Waals surface area contributed by atoms with Crippen LogP contribution in [0.1, 0.15) is 40.5 Å². The van der Waals surface area contributed by atoms with Gasteiger partial charge < -0.3 is 14.4 Å². The zero-order valence-corrected chi connectivity index (χ0v) is 15.3. The molecule has 0 saturated carbocycles. The van der Waals surface area contributed by atoms with Crippen LogP contribution in [-0.2, 0) is 4.74 Å². The van der Waals surface area contributed by atoms with E-state index >= 15 is 0 Å². The second-order valence-electron chi connectivity index (χ2n) is 6.69. The van der Waals surface area contributed by atoms with Gasteiger partial charge in [-0.1, -0.05) is 0 Å². The van der Waals surface area contributed by atoms with Gasteiger partial charge in [0.2, 0.25) is 0 Å². The molecule has 0 aliphatic carbocycles. The number of amides is 1. The first kappa shape index (κ1) is 18.0. The van der Waals surface area contributed by atoms with Gasteiger partial charge in [-0.25, -0.2) is 4.79 Å². The quantitative estimate of drug-likeness (QED) is 0.806. The number of hydrogen-bond donors (Lipinski definition) is 0. The third-order valence-corrected chi connectivity index (χ3v) is 4.88. The number of carbonyl (C=O) groups excluding carboxylic acids is 1. The van der Waals surface area contributed by atoms with E-state index in [9.17, 15) is 4.79 Å². The molecule has 1 aliphatic heterocycles. The topological polar surface area (TPSA) is 38.8 Å². The summed E-state index contributed by atoms with van der Waals surface area (Å²) < 4.78 is 10.9. The molecule has 1 saturated heterocycles. The zero-order valence-electron chi connectivity index (χ0n) is 14.5. The summed E-state index contributed by atoms with van der Waals surface area (Å²) >= 11 is 1.88. The Morgan fingerprint density at radius 3 is 2.35 bits per heavy atom.